The summed E-state index contributed by atoms with van der Waals surface area (Å²) in [6.07, 6.45) is 10.5. The molecule has 0 heterocycles. The van der Waals surface area contributed by atoms with Gasteiger partial charge in [0.25, 0.3) is 0 Å². The lowest BCUT2D eigenvalue weighted by Crippen LogP contribution is -2.03. The molecular weight excluding hydrogens is 220 g/mol. The Labute approximate surface area is 106 Å². The second kappa shape index (κ2) is 12.9. The molecule has 3 heteroatoms. The van der Waals surface area contributed by atoms with E-state index in [4.69, 9.17) is 4.74 Å². The summed E-state index contributed by atoms with van der Waals surface area (Å²) in [6, 6.07) is 0. The van der Waals surface area contributed by atoms with Crippen molar-refractivity contribution in [3.05, 3.63) is 0 Å². The Morgan fingerprint density at radius 2 is 1.44 bits per heavy atom. The SMILES string of the molecule is CCOC(=O)CCCCCCCCCCS. The zero-order chi connectivity index (χ0) is 12.1. The van der Waals surface area contributed by atoms with Gasteiger partial charge in [-0.05, 0) is 25.5 Å². The molecule has 0 aliphatic rings. The number of carbonyl (C=O) groups is 1. The molecule has 0 saturated carbocycles. The van der Waals surface area contributed by atoms with Crippen LogP contribution in [0.3, 0.4) is 0 Å². The summed E-state index contributed by atoms with van der Waals surface area (Å²) in [5.41, 5.74) is 0. The quantitative estimate of drug-likeness (QED) is 0.339. The van der Waals surface area contributed by atoms with E-state index in [1.54, 1.807) is 0 Å². The van der Waals surface area contributed by atoms with E-state index in [0.717, 1.165) is 18.6 Å². The number of hydrogen-bond donors (Lipinski definition) is 1. The first kappa shape index (κ1) is 15.8. The van der Waals surface area contributed by atoms with Crippen LogP contribution >= 0.6 is 12.6 Å². The Bertz CT molecular complexity index is 160. The van der Waals surface area contributed by atoms with Crippen LogP contribution < -0.4 is 0 Å². The van der Waals surface area contributed by atoms with Gasteiger partial charge < -0.3 is 4.74 Å². The van der Waals surface area contributed by atoms with Crippen LogP contribution in [0.4, 0.5) is 0 Å². The van der Waals surface area contributed by atoms with Crippen molar-refractivity contribution in [3.63, 3.8) is 0 Å². The zero-order valence-corrected chi connectivity index (χ0v) is 11.4. The Morgan fingerprint density at radius 1 is 0.938 bits per heavy atom. The minimum absolute atomic E-state index is 0.0451. The summed E-state index contributed by atoms with van der Waals surface area (Å²) < 4.78 is 4.87. The third kappa shape index (κ3) is 11.9. The molecule has 0 radical (unpaired) electrons. The standard InChI is InChI=1S/C13H26O2S/c1-2-15-13(14)11-9-7-5-3-4-6-8-10-12-16/h16H,2-12H2,1H3. The molecule has 0 amide bonds. The second-order valence-corrected chi connectivity index (χ2v) is 4.55. The lowest BCUT2D eigenvalue weighted by molar-refractivity contribution is -0.143. The molecule has 0 aliphatic heterocycles. The monoisotopic (exact) mass is 246 g/mol. The molecule has 0 atom stereocenters. The van der Waals surface area contributed by atoms with Crippen LogP contribution in [0.1, 0.15) is 64.7 Å². The molecule has 0 spiro atoms. The van der Waals surface area contributed by atoms with Crippen LogP contribution in [0.5, 0.6) is 0 Å². The molecule has 0 rings (SSSR count). The van der Waals surface area contributed by atoms with Gasteiger partial charge in [0.15, 0.2) is 0 Å². The molecular formula is C13H26O2S. The van der Waals surface area contributed by atoms with Gasteiger partial charge in [0, 0.05) is 6.42 Å². The number of esters is 1. The highest BCUT2D eigenvalue weighted by atomic mass is 32.1. The van der Waals surface area contributed by atoms with E-state index in [0.29, 0.717) is 13.0 Å². The maximum atomic E-state index is 11.0. The summed E-state index contributed by atoms with van der Waals surface area (Å²) in [4.78, 5) is 11.0. The largest absolute Gasteiger partial charge is 0.466 e. The topological polar surface area (TPSA) is 26.3 Å². The smallest absolute Gasteiger partial charge is 0.305 e. The maximum Gasteiger partial charge on any atom is 0.305 e. The number of rotatable bonds is 11. The first-order valence-electron chi connectivity index (χ1n) is 6.57. The average molecular weight is 246 g/mol. The molecule has 0 aliphatic carbocycles. The first-order valence-corrected chi connectivity index (χ1v) is 7.21. The van der Waals surface area contributed by atoms with Crippen molar-refractivity contribution in [1.29, 1.82) is 0 Å². The van der Waals surface area contributed by atoms with Gasteiger partial charge in [-0.25, -0.2) is 0 Å². The lowest BCUT2D eigenvalue weighted by atomic mass is 10.1. The van der Waals surface area contributed by atoms with E-state index < -0.39 is 0 Å². The minimum Gasteiger partial charge on any atom is -0.466 e. The van der Waals surface area contributed by atoms with Gasteiger partial charge in [-0.2, -0.15) is 12.6 Å². The van der Waals surface area contributed by atoms with Crippen LogP contribution in [-0.2, 0) is 9.53 Å². The highest BCUT2D eigenvalue weighted by molar-refractivity contribution is 7.80. The van der Waals surface area contributed by atoms with Crippen molar-refractivity contribution in [2.75, 3.05) is 12.4 Å². The molecule has 0 unspecified atom stereocenters. The predicted octanol–water partition coefficient (Wildman–Crippen LogP) is 3.99. The highest BCUT2D eigenvalue weighted by Gasteiger charge is 2.00. The summed E-state index contributed by atoms with van der Waals surface area (Å²) in [5.74, 6) is 0.968. The number of carbonyl (C=O) groups excluding carboxylic acids is 1. The molecule has 0 aromatic rings. The van der Waals surface area contributed by atoms with E-state index in [1.807, 2.05) is 6.92 Å². The Morgan fingerprint density at radius 3 is 1.94 bits per heavy atom. The van der Waals surface area contributed by atoms with Crippen LogP contribution in [0.2, 0.25) is 0 Å². The van der Waals surface area contributed by atoms with Gasteiger partial charge in [0.1, 0.15) is 0 Å². The van der Waals surface area contributed by atoms with Gasteiger partial charge in [0.05, 0.1) is 6.61 Å². The molecule has 16 heavy (non-hydrogen) atoms. The van der Waals surface area contributed by atoms with E-state index in [-0.39, 0.29) is 5.97 Å². The van der Waals surface area contributed by atoms with Crippen molar-refractivity contribution in [3.8, 4) is 0 Å². The Hall–Kier alpha value is -0.180. The van der Waals surface area contributed by atoms with Crippen LogP contribution in [0.15, 0.2) is 0 Å². The van der Waals surface area contributed by atoms with Gasteiger partial charge in [-0.3, -0.25) is 4.79 Å². The first-order chi connectivity index (χ1) is 7.81. The van der Waals surface area contributed by atoms with Gasteiger partial charge in [-0.15, -0.1) is 0 Å². The number of unbranched alkanes of at least 4 members (excludes halogenated alkanes) is 7. The number of hydrogen-bond acceptors (Lipinski definition) is 3. The highest BCUT2D eigenvalue weighted by Crippen LogP contribution is 2.10. The average Bonchev–Trinajstić information content (AvgIpc) is 2.27. The lowest BCUT2D eigenvalue weighted by Gasteiger charge is -2.02. The second-order valence-electron chi connectivity index (χ2n) is 4.11. The van der Waals surface area contributed by atoms with Gasteiger partial charge in [0.2, 0.25) is 0 Å². The molecule has 0 bridgehead atoms. The van der Waals surface area contributed by atoms with Crippen LogP contribution in [-0.4, -0.2) is 18.3 Å². The summed E-state index contributed by atoms with van der Waals surface area (Å²) in [5, 5.41) is 0. The molecule has 0 aromatic carbocycles. The third-order valence-electron chi connectivity index (χ3n) is 2.59. The van der Waals surface area contributed by atoms with E-state index >= 15 is 0 Å². The van der Waals surface area contributed by atoms with E-state index in [9.17, 15) is 4.79 Å². The Kier molecular flexibility index (Phi) is 12.7. The fraction of sp³-hybridized carbons (Fsp3) is 0.923. The van der Waals surface area contributed by atoms with Crippen molar-refractivity contribution < 1.29 is 9.53 Å². The molecule has 2 nitrogen and oxygen atoms in total. The Balaban J connectivity index is 3.01. The molecule has 0 aromatic heterocycles. The normalized spacial score (nSPS) is 10.4. The third-order valence-corrected chi connectivity index (χ3v) is 2.91. The number of thiol groups is 1. The molecule has 0 fully saturated rings. The fourth-order valence-electron chi connectivity index (χ4n) is 1.67. The summed E-state index contributed by atoms with van der Waals surface area (Å²) in [7, 11) is 0. The van der Waals surface area contributed by atoms with Gasteiger partial charge >= 0.3 is 5.97 Å². The molecule has 96 valence electrons. The van der Waals surface area contributed by atoms with Crippen molar-refractivity contribution in [2.24, 2.45) is 0 Å². The molecule has 0 saturated heterocycles. The maximum absolute atomic E-state index is 11.0. The van der Waals surface area contributed by atoms with Crippen molar-refractivity contribution in [1.82, 2.24) is 0 Å². The van der Waals surface area contributed by atoms with E-state index in [1.165, 1.54) is 38.5 Å². The molecule has 0 N–H and O–H groups in total. The fourth-order valence-corrected chi connectivity index (χ4v) is 1.90. The zero-order valence-electron chi connectivity index (χ0n) is 10.5. The van der Waals surface area contributed by atoms with Crippen LogP contribution in [0, 0.1) is 0 Å². The van der Waals surface area contributed by atoms with E-state index in [2.05, 4.69) is 12.6 Å². The van der Waals surface area contributed by atoms with Crippen LogP contribution in [0.25, 0.3) is 0 Å². The van der Waals surface area contributed by atoms with Crippen molar-refractivity contribution in [2.45, 2.75) is 64.7 Å². The number of ether oxygens (including phenoxy) is 1. The minimum atomic E-state index is -0.0451. The van der Waals surface area contributed by atoms with Gasteiger partial charge in [-0.1, -0.05) is 38.5 Å². The summed E-state index contributed by atoms with van der Waals surface area (Å²) >= 11 is 4.18. The van der Waals surface area contributed by atoms with Crippen molar-refractivity contribution >= 4 is 18.6 Å². The predicted molar refractivity (Wildman–Crippen MR) is 72.0 cm³/mol. The summed E-state index contributed by atoms with van der Waals surface area (Å²) in [6.45, 7) is 2.35.